The van der Waals surface area contributed by atoms with E-state index in [2.05, 4.69) is 28.9 Å². The Labute approximate surface area is 113 Å². The highest BCUT2D eigenvalue weighted by Gasteiger charge is 2.24. The molecule has 0 spiro atoms. The molecule has 104 valence electrons. The van der Waals surface area contributed by atoms with Crippen molar-refractivity contribution in [2.45, 2.75) is 18.9 Å². The summed E-state index contributed by atoms with van der Waals surface area (Å²) in [4.78, 5) is 20.2. The van der Waals surface area contributed by atoms with Gasteiger partial charge in [0, 0.05) is 25.6 Å². The molecule has 1 aliphatic heterocycles. The van der Waals surface area contributed by atoms with Crippen molar-refractivity contribution < 1.29 is 9.18 Å². The number of hydrogen-bond donors (Lipinski definition) is 0. The second-order valence-electron chi connectivity index (χ2n) is 5.24. The van der Waals surface area contributed by atoms with Crippen molar-refractivity contribution in [3.8, 4) is 0 Å². The Morgan fingerprint density at radius 3 is 2.89 bits per heavy atom. The molecule has 0 bridgehead atoms. The third-order valence-corrected chi connectivity index (χ3v) is 3.65. The number of ketones is 1. The van der Waals surface area contributed by atoms with Gasteiger partial charge in [0.1, 0.15) is 11.5 Å². The van der Waals surface area contributed by atoms with Crippen molar-refractivity contribution in [2.24, 2.45) is 0 Å². The first kappa shape index (κ1) is 14.1. The van der Waals surface area contributed by atoms with E-state index in [0.29, 0.717) is 18.2 Å². The quantitative estimate of drug-likeness (QED) is 0.755. The monoisotopic (exact) mass is 265 g/mol. The van der Waals surface area contributed by atoms with Gasteiger partial charge in [0.2, 0.25) is 0 Å². The molecule has 1 saturated heterocycles. The lowest BCUT2D eigenvalue weighted by molar-refractivity contribution is 0.0962. The summed E-state index contributed by atoms with van der Waals surface area (Å²) in [5, 5.41) is 0. The molecule has 19 heavy (non-hydrogen) atoms. The smallest absolute Gasteiger partial charge is 0.182 e. The van der Waals surface area contributed by atoms with Crippen molar-refractivity contribution in [1.82, 2.24) is 14.8 Å². The summed E-state index contributed by atoms with van der Waals surface area (Å²) in [6, 6.07) is 3.31. The van der Waals surface area contributed by atoms with E-state index in [9.17, 15) is 9.18 Å². The zero-order chi connectivity index (χ0) is 13.8. The molecule has 2 heterocycles. The summed E-state index contributed by atoms with van der Waals surface area (Å²) in [6.45, 7) is 2.80. The molecule has 0 N–H and O–H groups in total. The van der Waals surface area contributed by atoms with Crippen molar-refractivity contribution in [1.29, 1.82) is 0 Å². The standard InChI is InChI=1S/C14H20FN3O/c1-17(2)12-5-7-18(10-12)8-6-14(19)13-4-3-11(15)9-16-13/h3-4,9,12H,5-8,10H2,1-2H3. The van der Waals surface area contributed by atoms with Gasteiger partial charge < -0.3 is 9.80 Å². The molecule has 0 saturated carbocycles. The third kappa shape index (κ3) is 3.81. The van der Waals surface area contributed by atoms with E-state index in [0.717, 1.165) is 32.3 Å². The SMILES string of the molecule is CN(C)C1CCN(CCC(=O)c2ccc(F)cn2)C1. The van der Waals surface area contributed by atoms with Crippen LogP contribution >= 0.6 is 0 Å². The fraction of sp³-hybridized carbons (Fsp3) is 0.571. The Kier molecular flexibility index (Phi) is 4.61. The molecule has 0 aliphatic carbocycles. The second-order valence-corrected chi connectivity index (χ2v) is 5.24. The number of pyridine rings is 1. The number of aromatic nitrogens is 1. The van der Waals surface area contributed by atoms with Gasteiger partial charge in [0.25, 0.3) is 0 Å². The van der Waals surface area contributed by atoms with E-state index in [1.54, 1.807) is 0 Å². The molecule has 5 heteroatoms. The number of carbonyl (C=O) groups excluding carboxylic acids is 1. The van der Waals surface area contributed by atoms with E-state index in [4.69, 9.17) is 0 Å². The summed E-state index contributed by atoms with van der Waals surface area (Å²) in [5.74, 6) is -0.432. The Hall–Kier alpha value is -1.33. The Balaban J connectivity index is 1.80. The van der Waals surface area contributed by atoms with Gasteiger partial charge in [-0.3, -0.25) is 9.78 Å². The number of Topliss-reactive ketones (excluding diaryl/α,β-unsaturated/α-hetero) is 1. The van der Waals surface area contributed by atoms with E-state index in [1.165, 1.54) is 12.1 Å². The summed E-state index contributed by atoms with van der Waals surface area (Å²) in [5.41, 5.74) is 0.352. The topological polar surface area (TPSA) is 36.4 Å². The van der Waals surface area contributed by atoms with Crippen molar-refractivity contribution in [2.75, 3.05) is 33.7 Å². The van der Waals surface area contributed by atoms with Crippen molar-refractivity contribution >= 4 is 5.78 Å². The Morgan fingerprint density at radius 1 is 1.53 bits per heavy atom. The van der Waals surface area contributed by atoms with E-state index in [1.807, 2.05) is 0 Å². The van der Waals surface area contributed by atoms with Crippen LogP contribution in [0.15, 0.2) is 18.3 Å². The zero-order valence-corrected chi connectivity index (χ0v) is 11.5. The first-order valence-corrected chi connectivity index (χ1v) is 6.60. The minimum absolute atomic E-state index is 0.0201. The van der Waals surface area contributed by atoms with Crippen LogP contribution in [0.4, 0.5) is 4.39 Å². The van der Waals surface area contributed by atoms with Crippen molar-refractivity contribution in [3.05, 3.63) is 29.8 Å². The van der Waals surface area contributed by atoms with Crippen LogP contribution in [-0.2, 0) is 0 Å². The van der Waals surface area contributed by atoms with Crippen LogP contribution in [0.1, 0.15) is 23.3 Å². The molecule has 0 amide bonds. The molecular weight excluding hydrogens is 245 g/mol. The van der Waals surface area contributed by atoms with E-state index >= 15 is 0 Å². The van der Waals surface area contributed by atoms with Gasteiger partial charge in [0.05, 0.1) is 6.20 Å². The average Bonchev–Trinajstić information content (AvgIpc) is 2.86. The molecule has 1 atom stereocenters. The van der Waals surface area contributed by atoms with Gasteiger partial charge in [-0.15, -0.1) is 0 Å². The molecule has 2 rings (SSSR count). The normalized spacial score (nSPS) is 20.1. The highest BCUT2D eigenvalue weighted by molar-refractivity contribution is 5.94. The number of carbonyl (C=O) groups is 1. The summed E-state index contributed by atoms with van der Waals surface area (Å²) in [6.07, 6.45) is 2.68. The van der Waals surface area contributed by atoms with Crippen LogP contribution in [0.25, 0.3) is 0 Å². The minimum Gasteiger partial charge on any atom is -0.305 e. The summed E-state index contributed by atoms with van der Waals surface area (Å²) >= 11 is 0. The highest BCUT2D eigenvalue weighted by atomic mass is 19.1. The highest BCUT2D eigenvalue weighted by Crippen LogP contribution is 2.14. The van der Waals surface area contributed by atoms with Crippen LogP contribution in [-0.4, -0.2) is 60.3 Å². The van der Waals surface area contributed by atoms with Gasteiger partial charge in [-0.1, -0.05) is 0 Å². The molecule has 0 aromatic carbocycles. The van der Waals surface area contributed by atoms with E-state index < -0.39 is 5.82 Å². The first-order chi connectivity index (χ1) is 9.06. The first-order valence-electron chi connectivity index (χ1n) is 6.60. The average molecular weight is 265 g/mol. The summed E-state index contributed by atoms with van der Waals surface area (Å²) < 4.78 is 12.7. The van der Waals surface area contributed by atoms with Gasteiger partial charge in [-0.25, -0.2) is 4.39 Å². The third-order valence-electron chi connectivity index (χ3n) is 3.65. The molecule has 4 nitrogen and oxygen atoms in total. The van der Waals surface area contributed by atoms with Gasteiger partial charge in [0.15, 0.2) is 5.78 Å². The number of halogens is 1. The van der Waals surface area contributed by atoms with Crippen LogP contribution in [0.2, 0.25) is 0 Å². The number of likely N-dealkylation sites (N-methyl/N-ethyl adjacent to an activating group) is 1. The maximum atomic E-state index is 12.7. The molecule has 0 radical (unpaired) electrons. The van der Waals surface area contributed by atoms with Gasteiger partial charge in [-0.05, 0) is 39.2 Å². The number of nitrogens with zero attached hydrogens (tertiary/aromatic N) is 3. The maximum Gasteiger partial charge on any atom is 0.182 e. The molecular formula is C14H20FN3O. The minimum atomic E-state index is -0.412. The molecule has 1 fully saturated rings. The van der Waals surface area contributed by atoms with Crippen molar-refractivity contribution in [3.63, 3.8) is 0 Å². The number of hydrogen-bond acceptors (Lipinski definition) is 4. The van der Waals surface area contributed by atoms with Gasteiger partial charge >= 0.3 is 0 Å². The number of rotatable bonds is 5. The Bertz CT molecular complexity index is 433. The largest absolute Gasteiger partial charge is 0.305 e. The van der Waals surface area contributed by atoms with Crippen LogP contribution < -0.4 is 0 Å². The second kappa shape index (κ2) is 6.21. The van der Waals surface area contributed by atoms with Gasteiger partial charge in [-0.2, -0.15) is 0 Å². The molecule has 1 aromatic heterocycles. The summed E-state index contributed by atoms with van der Waals surface area (Å²) in [7, 11) is 4.17. The fourth-order valence-electron chi connectivity index (χ4n) is 2.37. The van der Waals surface area contributed by atoms with Crippen LogP contribution in [0.3, 0.4) is 0 Å². The predicted molar refractivity (Wildman–Crippen MR) is 71.7 cm³/mol. The Morgan fingerprint density at radius 2 is 2.32 bits per heavy atom. The van der Waals surface area contributed by atoms with Crippen LogP contribution in [0, 0.1) is 5.82 Å². The van der Waals surface area contributed by atoms with Crippen LogP contribution in [0.5, 0.6) is 0 Å². The fourth-order valence-corrected chi connectivity index (χ4v) is 2.37. The number of likely N-dealkylation sites (tertiary alicyclic amines) is 1. The molecule has 1 aliphatic rings. The zero-order valence-electron chi connectivity index (χ0n) is 11.5. The molecule has 1 aromatic rings. The lowest BCUT2D eigenvalue weighted by atomic mass is 10.2. The lowest BCUT2D eigenvalue weighted by Crippen LogP contribution is -2.32. The predicted octanol–water partition coefficient (Wildman–Crippen LogP) is 1.43. The van der Waals surface area contributed by atoms with E-state index in [-0.39, 0.29) is 5.78 Å². The lowest BCUT2D eigenvalue weighted by Gasteiger charge is -2.20. The maximum absolute atomic E-state index is 12.7. The molecule has 1 unspecified atom stereocenters.